The van der Waals surface area contributed by atoms with Crippen LogP contribution < -0.4 is 19.6 Å². The van der Waals surface area contributed by atoms with E-state index < -0.39 is 5.91 Å². The van der Waals surface area contributed by atoms with Crippen LogP contribution in [0.4, 0.5) is 0 Å². The van der Waals surface area contributed by atoms with Gasteiger partial charge in [-0.05, 0) is 42.0 Å². The fourth-order valence-electron chi connectivity index (χ4n) is 3.26. The minimum atomic E-state index is -0.418. The van der Waals surface area contributed by atoms with Crippen molar-refractivity contribution in [2.75, 3.05) is 14.2 Å². The van der Waals surface area contributed by atoms with Gasteiger partial charge in [-0.15, -0.1) is 0 Å². The Balaban J connectivity index is 1.40. The molecule has 1 amide bonds. The number of methoxy groups -OCH3 is 2. The number of rotatable bonds is 9. The molecule has 172 valence electrons. The summed E-state index contributed by atoms with van der Waals surface area (Å²) in [6.45, 7) is 0.436. The van der Waals surface area contributed by atoms with E-state index in [1.807, 2.05) is 60.7 Å². The molecule has 4 rings (SSSR count). The molecular formula is C26H24N4O4. The molecule has 0 saturated carbocycles. The first-order valence-electron chi connectivity index (χ1n) is 10.5. The van der Waals surface area contributed by atoms with E-state index in [9.17, 15) is 4.79 Å². The van der Waals surface area contributed by atoms with Gasteiger partial charge >= 0.3 is 0 Å². The molecule has 1 aromatic heterocycles. The van der Waals surface area contributed by atoms with E-state index in [4.69, 9.17) is 14.2 Å². The van der Waals surface area contributed by atoms with E-state index in [-0.39, 0.29) is 5.69 Å². The number of nitrogens with one attached hydrogen (secondary N) is 2. The fourth-order valence-corrected chi connectivity index (χ4v) is 3.26. The maximum absolute atomic E-state index is 12.5. The number of carbonyl (C=O) groups is 1. The molecule has 3 aromatic carbocycles. The third-order valence-corrected chi connectivity index (χ3v) is 5.03. The molecule has 4 aromatic rings. The molecule has 0 aliphatic rings. The van der Waals surface area contributed by atoms with Crippen LogP contribution in [0.2, 0.25) is 0 Å². The van der Waals surface area contributed by atoms with Gasteiger partial charge in [0.2, 0.25) is 0 Å². The van der Waals surface area contributed by atoms with Crippen molar-refractivity contribution >= 4 is 12.1 Å². The van der Waals surface area contributed by atoms with Crippen molar-refractivity contribution in [1.29, 1.82) is 0 Å². The number of aromatic nitrogens is 2. The Morgan fingerprint density at radius 1 is 0.941 bits per heavy atom. The van der Waals surface area contributed by atoms with Crippen molar-refractivity contribution in [1.82, 2.24) is 15.6 Å². The predicted molar refractivity (Wildman–Crippen MR) is 129 cm³/mol. The number of benzene rings is 3. The molecule has 0 atom stereocenters. The van der Waals surface area contributed by atoms with Gasteiger partial charge in [-0.1, -0.05) is 42.5 Å². The largest absolute Gasteiger partial charge is 0.493 e. The maximum Gasteiger partial charge on any atom is 0.289 e. The van der Waals surface area contributed by atoms with Gasteiger partial charge in [0.1, 0.15) is 18.1 Å². The summed E-state index contributed by atoms with van der Waals surface area (Å²) in [6, 6.07) is 24.4. The number of carbonyl (C=O) groups excluding carboxylic acids is 1. The second kappa shape index (κ2) is 10.8. The van der Waals surface area contributed by atoms with Crippen LogP contribution in [-0.4, -0.2) is 36.5 Å². The summed E-state index contributed by atoms with van der Waals surface area (Å²) in [5.74, 6) is 1.44. The number of aromatic amines is 1. The summed E-state index contributed by atoms with van der Waals surface area (Å²) >= 11 is 0. The summed E-state index contributed by atoms with van der Waals surface area (Å²) in [5, 5.41) is 11.0. The molecule has 8 heteroatoms. The maximum atomic E-state index is 12.5. The standard InChI is InChI=1S/C26H24N4O4/c1-32-24-13-12-19(14-25(24)33-2)21-15-22(29-28-21)26(31)30-27-16-20-10-6-7-11-23(20)34-17-18-8-4-3-5-9-18/h3-16H,17H2,1-2H3,(H,28,29)(H,30,31)/b27-16-. The first-order valence-corrected chi connectivity index (χ1v) is 10.5. The topological polar surface area (TPSA) is 97.8 Å². The van der Waals surface area contributed by atoms with E-state index in [1.54, 1.807) is 38.6 Å². The van der Waals surface area contributed by atoms with Gasteiger partial charge in [0.15, 0.2) is 11.5 Å². The lowest BCUT2D eigenvalue weighted by atomic mass is 10.1. The highest BCUT2D eigenvalue weighted by Gasteiger charge is 2.13. The first-order chi connectivity index (χ1) is 16.7. The molecule has 0 unspecified atom stereocenters. The lowest BCUT2D eigenvalue weighted by Crippen LogP contribution is -2.18. The lowest BCUT2D eigenvalue weighted by molar-refractivity contribution is 0.0950. The minimum Gasteiger partial charge on any atom is -0.493 e. The van der Waals surface area contributed by atoms with Crippen molar-refractivity contribution in [2.45, 2.75) is 6.61 Å². The Labute approximate surface area is 197 Å². The number of nitrogens with zero attached hydrogens (tertiary/aromatic N) is 2. The molecule has 0 spiro atoms. The van der Waals surface area contributed by atoms with E-state index in [1.165, 1.54) is 0 Å². The molecule has 2 N–H and O–H groups in total. The molecule has 0 radical (unpaired) electrons. The van der Waals surface area contributed by atoms with Crippen LogP contribution in [0.5, 0.6) is 17.2 Å². The van der Waals surface area contributed by atoms with E-state index in [0.29, 0.717) is 29.5 Å². The molecule has 0 saturated heterocycles. The second-order valence-electron chi connectivity index (χ2n) is 7.25. The van der Waals surface area contributed by atoms with Crippen LogP contribution in [0.25, 0.3) is 11.3 Å². The zero-order valence-corrected chi connectivity index (χ0v) is 18.8. The van der Waals surface area contributed by atoms with Crippen LogP contribution in [0.3, 0.4) is 0 Å². The number of hydrogen-bond donors (Lipinski definition) is 2. The summed E-state index contributed by atoms with van der Waals surface area (Å²) in [4.78, 5) is 12.5. The normalized spacial score (nSPS) is 10.8. The number of H-pyrrole nitrogens is 1. The van der Waals surface area contributed by atoms with Crippen LogP contribution in [0.1, 0.15) is 21.6 Å². The summed E-state index contributed by atoms with van der Waals surface area (Å²) in [7, 11) is 3.14. The third-order valence-electron chi connectivity index (χ3n) is 5.03. The SMILES string of the molecule is COc1ccc(-c2cc(C(=O)N/N=C\c3ccccc3OCc3ccccc3)[nH]n2)cc1OC. The van der Waals surface area contributed by atoms with E-state index >= 15 is 0 Å². The zero-order chi connectivity index (χ0) is 23.8. The van der Waals surface area contributed by atoms with Crippen molar-refractivity contribution in [3.05, 3.63) is 95.7 Å². The Kier molecular flexibility index (Phi) is 7.19. The summed E-state index contributed by atoms with van der Waals surface area (Å²) in [5.41, 5.74) is 5.96. The highest BCUT2D eigenvalue weighted by molar-refractivity contribution is 5.94. The number of para-hydroxylation sites is 1. The van der Waals surface area contributed by atoms with Gasteiger partial charge < -0.3 is 14.2 Å². The van der Waals surface area contributed by atoms with Crippen LogP contribution >= 0.6 is 0 Å². The van der Waals surface area contributed by atoms with Gasteiger partial charge in [-0.2, -0.15) is 10.2 Å². The summed E-state index contributed by atoms with van der Waals surface area (Å²) in [6.07, 6.45) is 1.55. The van der Waals surface area contributed by atoms with Crippen LogP contribution in [0.15, 0.2) is 84.0 Å². The number of hydrogen-bond acceptors (Lipinski definition) is 6. The van der Waals surface area contributed by atoms with E-state index in [2.05, 4.69) is 20.7 Å². The van der Waals surface area contributed by atoms with Crippen molar-refractivity contribution in [2.24, 2.45) is 5.10 Å². The monoisotopic (exact) mass is 456 g/mol. The molecule has 8 nitrogen and oxygen atoms in total. The lowest BCUT2D eigenvalue weighted by Gasteiger charge is -2.08. The zero-order valence-electron chi connectivity index (χ0n) is 18.8. The number of amides is 1. The van der Waals surface area contributed by atoms with Gasteiger partial charge in [0, 0.05) is 11.1 Å². The predicted octanol–water partition coefficient (Wildman–Crippen LogP) is 4.44. The molecule has 0 bridgehead atoms. The van der Waals surface area contributed by atoms with Gasteiger partial charge in [0.25, 0.3) is 5.91 Å². The van der Waals surface area contributed by atoms with Crippen molar-refractivity contribution in [3.63, 3.8) is 0 Å². The highest BCUT2D eigenvalue weighted by Crippen LogP contribution is 2.31. The quantitative estimate of drug-likeness (QED) is 0.287. The first kappa shape index (κ1) is 22.6. The number of hydrazone groups is 1. The van der Waals surface area contributed by atoms with Gasteiger partial charge in [0.05, 0.1) is 26.1 Å². The average Bonchev–Trinajstić information content (AvgIpc) is 3.39. The van der Waals surface area contributed by atoms with Crippen LogP contribution in [0, 0.1) is 0 Å². The molecule has 0 aliphatic carbocycles. The molecule has 34 heavy (non-hydrogen) atoms. The Bertz CT molecular complexity index is 1280. The summed E-state index contributed by atoms with van der Waals surface area (Å²) < 4.78 is 16.5. The van der Waals surface area contributed by atoms with Crippen molar-refractivity contribution in [3.8, 4) is 28.5 Å². The molecule has 1 heterocycles. The Morgan fingerprint density at radius 3 is 2.50 bits per heavy atom. The molecular weight excluding hydrogens is 432 g/mol. The average molecular weight is 457 g/mol. The van der Waals surface area contributed by atoms with Gasteiger partial charge in [-0.25, -0.2) is 5.43 Å². The van der Waals surface area contributed by atoms with Crippen molar-refractivity contribution < 1.29 is 19.0 Å². The minimum absolute atomic E-state index is 0.274. The highest BCUT2D eigenvalue weighted by atomic mass is 16.5. The van der Waals surface area contributed by atoms with E-state index in [0.717, 1.165) is 16.7 Å². The third kappa shape index (κ3) is 5.42. The smallest absolute Gasteiger partial charge is 0.289 e. The molecule has 0 aliphatic heterocycles. The Morgan fingerprint density at radius 2 is 1.71 bits per heavy atom. The van der Waals surface area contributed by atoms with Crippen LogP contribution in [-0.2, 0) is 6.61 Å². The van der Waals surface area contributed by atoms with Gasteiger partial charge in [-0.3, -0.25) is 9.89 Å². The Hall–Kier alpha value is -4.59. The second-order valence-corrected chi connectivity index (χ2v) is 7.25. The molecule has 0 fully saturated rings. The fraction of sp³-hybridized carbons (Fsp3) is 0.115. The number of ether oxygens (including phenoxy) is 3.